The maximum absolute atomic E-state index is 10.5. The molecule has 0 radical (unpaired) electrons. The van der Waals surface area contributed by atoms with Crippen LogP contribution in [-0.4, -0.2) is 43.6 Å². The molecule has 0 heterocycles. The lowest BCUT2D eigenvalue weighted by Gasteiger charge is -2.09. The van der Waals surface area contributed by atoms with Crippen molar-refractivity contribution in [3.63, 3.8) is 0 Å². The Labute approximate surface area is 119 Å². The molecule has 20 heavy (non-hydrogen) atoms. The maximum Gasteiger partial charge on any atom is 0.307 e. The molecule has 0 bridgehead atoms. The van der Waals surface area contributed by atoms with E-state index >= 15 is 0 Å². The number of ether oxygens (including phenoxy) is 3. The number of aliphatic carboxylic acids is 1. The zero-order chi connectivity index (χ0) is 14.8. The molecular weight excluding hydrogens is 260 g/mol. The Balaban J connectivity index is 2.11. The number of carbonyl (C=O) groups is 1. The highest BCUT2D eigenvalue weighted by molar-refractivity contribution is 5.70. The number of carboxylic acids is 1. The molecule has 112 valence electrons. The van der Waals surface area contributed by atoms with Crippen LogP contribution in [0.25, 0.3) is 0 Å². The lowest BCUT2D eigenvalue weighted by molar-refractivity contribution is -0.136. The average Bonchev–Trinajstić information content (AvgIpc) is 2.38. The van der Waals surface area contributed by atoms with Gasteiger partial charge in [0.2, 0.25) is 0 Å². The Morgan fingerprint density at radius 1 is 1.10 bits per heavy atom. The first-order valence-electron chi connectivity index (χ1n) is 6.71. The van der Waals surface area contributed by atoms with Crippen LogP contribution in [0.3, 0.4) is 0 Å². The summed E-state index contributed by atoms with van der Waals surface area (Å²) in [7, 11) is 0. The zero-order valence-electron chi connectivity index (χ0n) is 12.0. The first-order valence-corrected chi connectivity index (χ1v) is 6.71. The predicted octanol–water partition coefficient (Wildman–Crippen LogP) is 2.13. The highest BCUT2D eigenvalue weighted by Gasteiger charge is 2.00. The third-order valence-electron chi connectivity index (χ3n) is 2.45. The van der Waals surface area contributed by atoms with E-state index in [0.717, 1.165) is 5.56 Å². The van der Waals surface area contributed by atoms with Crippen LogP contribution in [0, 0.1) is 0 Å². The van der Waals surface area contributed by atoms with Crippen molar-refractivity contribution in [1.82, 2.24) is 0 Å². The number of hydrogen-bond acceptors (Lipinski definition) is 4. The number of hydrogen-bond donors (Lipinski definition) is 1. The molecular formula is C15H22O5. The Morgan fingerprint density at radius 2 is 1.75 bits per heavy atom. The summed E-state index contributed by atoms with van der Waals surface area (Å²) in [5.41, 5.74) is 0.756. The summed E-state index contributed by atoms with van der Waals surface area (Å²) in [6, 6.07) is 7.03. The van der Waals surface area contributed by atoms with Crippen LogP contribution in [0.4, 0.5) is 0 Å². The van der Waals surface area contributed by atoms with Crippen molar-refractivity contribution in [3.8, 4) is 5.75 Å². The Bertz CT molecular complexity index is 386. The van der Waals surface area contributed by atoms with E-state index in [2.05, 4.69) is 0 Å². The lowest BCUT2D eigenvalue weighted by Crippen LogP contribution is -2.13. The summed E-state index contributed by atoms with van der Waals surface area (Å²) in [5, 5.41) is 8.66. The fraction of sp³-hybridized carbons (Fsp3) is 0.533. The Morgan fingerprint density at radius 3 is 2.35 bits per heavy atom. The molecule has 5 heteroatoms. The molecule has 1 rings (SSSR count). The molecule has 0 unspecified atom stereocenters. The topological polar surface area (TPSA) is 65.0 Å². The van der Waals surface area contributed by atoms with Gasteiger partial charge in [-0.25, -0.2) is 0 Å². The normalized spacial score (nSPS) is 10.8. The Kier molecular flexibility index (Phi) is 7.69. The third-order valence-corrected chi connectivity index (χ3v) is 2.45. The van der Waals surface area contributed by atoms with Crippen LogP contribution < -0.4 is 4.74 Å². The van der Waals surface area contributed by atoms with E-state index in [9.17, 15) is 4.79 Å². The molecule has 0 aromatic heterocycles. The average molecular weight is 282 g/mol. The fourth-order valence-corrected chi connectivity index (χ4v) is 1.54. The molecule has 0 fully saturated rings. The van der Waals surface area contributed by atoms with Gasteiger partial charge in [-0.2, -0.15) is 0 Å². The molecule has 0 atom stereocenters. The summed E-state index contributed by atoms with van der Waals surface area (Å²) in [6.45, 7) is 6.06. The third kappa shape index (κ3) is 7.76. The highest BCUT2D eigenvalue weighted by atomic mass is 16.5. The van der Waals surface area contributed by atoms with Crippen molar-refractivity contribution in [2.24, 2.45) is 0 Å². The molecule has 0 spiro atoms. The lowest BCUT2D eigenvalue weighted by atomic mass is 10.1. The van der Waals surface area contributed by atoms with E-state index in [1.165, 1.54) is 0 Å². The van der Waals surface area contributed by atoms with Gasteiger partial charge in [0.15, 0.2) is 0 Å². The SMILES string of the molecule is CC(C)OCCOCCOc1ccc(CC(=O)O)cc1. The van der Waals surface area contributed by atoms with E-state index in [1.54, 1.807) is 24.3 Å². The quantitative estimate of drug-likeness (QED) is 0.666. The van der Waals surface area contributed by atoms with Crippen molar-refractivity contribution < 1.29 is 24.1 Å². The molecule has 5 nitrogen and oxygen atoms in total. The predicted molar refractivity (Wildman–Crippen MR) is 75.2 cm³/mol. The number of carboxylic acid groups (broad SMARTS) is 1. The van der Waals surface area contributed by atoms with Crippen molar-refractivity contribution in [2.45, 2.75) is 26.4 Å². The van der Waals surface area contributed by atoms with Crippen molar-refractivity contribution in [1.29, 1.82) is 0 Å². The first kappa shape index (κ1) is 16.5. The largest absolute Gasteiger partial charge is 0.491 e. The van der Waals surface area contributed by atoms with E-state index in [4.69, 9.17) is 19.3 Å². The van der Waals surface area contributed by atoms with E-state index in [1.807, 2.05) is 13.8 Å². The van der Waals surface area contributed by atoms with Gasteiger partial charge in [-0.05, 0) is 31.5 Å². The van der Waals surface area contributed by atoms with Crippen LogP contribution in [0.15, 0.2) is 24.3 Å². The second kappa shape index (κ2) is 9.34. The molecule has 0 saturated heterocycles. The number of benzene rings is 1. The molecule has 1 aromatic rings. The smallest absolute Gasteiger partial charge is 0.307 e. The minimum Gasteiger partial charge on any atom is -0.491 e. The van der Waals surface area contributed by atoms with Crippen molar-refractivity contribution >= 4 is 5.97 Å². The van der Waals surface area contributed by atoms with Gasteiger partial charge in [-0.1, -0.05) is 12.1 Å². The zero-order valence-corrected chi connectivity index (χ0v) is 12.0. The summed E-state index contributed by atoms with van der Waals surface area (Å²) in [4.78, 5) is 10.5. The summed E-state index contributed by atoms with van der Waals surface area (Å²) in [5.74, 6) is -0.128. The molecule has 1 N–H and O–H groups in total. The van der Waals surface area contributed by atoms with Gasteiger partial charge >= 0.3 is 5.97 Å². The van der Waals surface area contributed by atoms with E-state index < -0.39 is 5.97 Å². The maximum atomic E-state index is 10.5. The van der Waals surface area contributed by atoms with Gasteiger partial charge in [0.1, 0.15) is 12.4 Å². The van der Waals surface area contributed by atoms with Crippen LogP contribution in [-0.2, 0) is 20.7 Å². The van der Waals surface area contributed by atoms with Crippen LogP contribution in [0.2, 0.25) is 0 Å². The minimum absolute atomic E-state index is 0.0270. The monoisotopic (exact) mass is 282 g/mol. The first-order chi connectivity index (χ1) is 9.58. The second-order valence-electron chi connectivity index (χ2n) is 4.59. The van der Waals surface area contributed by atoms with E-state index in [-0.39, 0.29) is 12.5 Å². The molecule has 0 saturated carbocycles. The van der Waals surface area contributed by atoms with Crippen molar-refractivity contribution in [2.75, 3.05) is 26.4 Å². The highest BCUT2D eigenvalue weighted by Crippen LogP contribution is 2.12. The van der Waals surface area contributed by atoms with Gasteiger partial charge in [-0.3, -0.25) is 4.79 Å². The van der Waals surface area contributed by atoms with Gasteiger partial charge in [-0.15, -0.1) is 0 Å². The van der Waals surface area contributed by atoms with Crippen LogP contribution in [0.5, 0.6) is 5.75 Å². The standard InChI is InChI=1S/C15H22O5/c1-12(2)19-9-7-18-8-10-20-14-5-3-13(4-6-14)11-15(16)17/h3-6,12H,7-11H2,1-2H3,(H,16,17). The van der Waals surface area contributed by atoms with Gasteiger partial charge < -0.3 is 19.3 Å². The molecule has 0 amide bonds. The summed E-state index contributed by atoms with van der Waals surface area (Å²) >= 11 is 0. The molecule has 0 aliphatic heterocycles. The molecule has 0 aliphatic carbocycles. The fourth-order valence-electron chi connectivity index (χ4n) is 1.54. The summed E-state index contributed by atoms with van der Waals surface area (Å²) in [6.07, 6.45) is 0.248. The molecule has 1 aromatic carbocycles. The van der Waals surface area contributed by atoms with Crippen LogP contribution in [0.1, 0.15) is 19.4 Å². The second-order valence-corrected chi connectivity index (χ2v) is 4.59. The van der Waals surface area contributed by atoms with E-state index in [0.29, 0.717) is 32.2 Å². The minimum atomic E-state index is -0.837. The number of rotatable bonds is 10. The van der Waals surface area contributed by atoms with Gasteiger partial charge in [0, 0.05) is 0 Å². The van der Waals surface area contributed by atoms with Crippen LogP contribution >= 0.6 is 0 Å². The van der Waals surface area contributed by atoms with Gasteiger partial charge in [0.05, 0.1) is 32.3 Å². The molecule has 0 aliphatic rings. The Hall–Kier alpha value is -1.59. The summed E-state index contributed by atoms with van der Waals surface area (Å²) < 4.78 is 16.2. The van der Waals surface area contributed by atoms with Gasteiger partial charge in [0.25, 0.3) is 0 Å². The van der Waals surface area contributed by atoms with Crippen molar-refractivity contribution in [3.05, 3.63) is 29.8 Å².